The zero-order chi connectivity index (χ0) is 18.3. The maximum Gasteiger partial charge on any atom is -0.00984 e. The van der Waals surface area contributed by atoms with Crippen LogP contribution in [0.5, 0.6) is 0 Å². The van der Waals surface area contributed by atoms with Gasteiger partial charge in [0, 0.05) is 0 Å². The molecule has 132 valence electrons. The first-order chi connectivity index (χ1) is 10.3. The standard InChI is InChI=1S/C15H24.C2H7P.2C2H6/c1-7-8-15(5,6)14-12(3)9-11(2)10-13(14)4;1-3-2;2*1-2/h9-10H,7-8H2,1-6H3;3H,1-2H3;2*1-2H3. The van der Waals surface area contributed by atoms with Crippen LogP contribution >= 0.6 is 8.58 Å². The largest absolute Gasteiger partial charge is 0.129 e. The lowest BCUT2D eigenvalue weighted by Gasteiger charge is -2.29. The van der Waals surface area contributed by atoms with E-state index >= 15 is 0 Å². The molecule has 0 radical (unpaired) electrons. The van der Waals surface area contributed by atoms with Crippen molar-refractivity contribution in [1.29, 1.82) is 0 Å². The van der Waals surface area contributed by atoms with Crippen LogP contribution in [0.2, 0.25) is 0 Å². The molecule has 0 aliphatic rings. The molecule has 0 aliphatic heterocycles. The normalized spacial score (nSPS) is 9.45. The smallest absolute Gasteiger partial charge is 0.00984 e. The second kappa shape index (κ2) is 15.5. The summed E-state index contributed by atoms with van der Waals surface area (Å²) in [5, 5.41) is 0. The summed E-state index contributed by atoms with van der Waals surface area (Å²) in [6.07, 6.45) is 2.51. The first kappa shape index (κ1) is 26.5. The number of benzene rings is 1. The Balaban J connectivity index is -0.000000446. The Kier molecular flexibility index (Phi) is 18.8. The molecule has 0 saturated carbocycles. The van der Waals surface area contributed by atoms with Crippen molar-refractivity contribution in [3.05, 3.63) is 34.4 Å². The van der Waals surface area contributed by atoms with Gasteiger partial charge in [0.1, 0.15) is 0 Å². The van der Waals surface area contributed by atoms with Crippen molar-refractivity contribution in [3.63, 3.8) is 0 Å². The van der Waals surface area contributed by atoms with Crippen molar-refractivity contribution in [2.45, 2.75) is 87.5 Å². The highest BCUT2D eigenvalue weighted by molar-refractivity contribution is 7.35. The van der Waals surface area contributed by atoms with Crippen molar-refractivity contribution in [2.75, 3.05) is 13.3 Å². The number of rotatable bonds is 3. The minimum absolute atomic E-state index is 0.316. The lowest BCUT2D eigenvalue weighted by molar-refractivity contribution is 0.468. The van der Waals surface area contributed by atoms with E-state index in [0.717, 1.165) is 8.58 Å². The summed E-state index contributed by atoms with van der Waals surface area (Å²) in [4.78, 5) is 0. The van der Waals surface area contributed by atoms with Crippen LogP contribution in [0.25, 0.3) is 0 Å². The monoisotopic (exact) mass is 326 g/mol. The van der Waals surface area contributed by atoms with Gasteiger partial charge in [-0.15, -0.1) is 8.58 Å². The Labute approximate surface area is 144 Å². The second-order valence-electron chi connectivity index (χ2n) is 5.91. The first-order valence-electron chi connectivity index (χ1n) is 8.97. The lowest BCUT2D eigenvalue weighted by atomic mass is 9.76. The summed E-state index contributed by atoms with van der Waals surface area (Å²) >= 11 is 0. The molecule has 0 aromatic heterocycles. The van der Waals surface area contributed by atoms with E-state index in [1.54, 1.807) is 5.56 Å². The molecular weight excluding hydrogens is 283 g/mol. The van der Waals surface area contributed by atoms with Gasteiger partial charge in [-0.25, -0.2) is 0 Å². The molecule has 0 aliphatic carbocycles. The lowest BCUT2D eigenvalue weighted by Crippen LogP contribution is -2.20. The molecule has 0 N–H and O–H groups in total. The van der Waals surface area contributed by atoms with E-state index in [-0.39, 0.29) is 0 Å². The Morgan fingerprint density at radius 2 is 1.18 bits per heavy atom. The third-order valence-electron chi connectivity index (χ3n) is 3.23. The van der Waals surface area contributed by atoms with Crippen LogP contribution < -0.4 is 0 Å². The van der Waals surface area contributed by atoms with E-state index in [1.165, 1.54) is 29.5 Å². The quantitative estimate of drug-likeness (QED) is 0.500. The molecule has 0 saturated heterocycles. The second-order valence-corrected chi connectivity index (χ2v) is 6.91. The van der Waals surface area contributed by atoms with Gasteiger partial charge in [-0.3, -0.25) is 0 Å². The van der Waals surface area contributed by atoms with E-state index in [9.17, 15) is 0 Å². The highest BCUT2D eigenvalue weighted by Crippen LogP contribution is 2.33. The Morgan fingerprint density at radius 1 is 0.864 bits per heavy atom. The van der Waals surface area contributed by atoms with Gasteiger partial charge in [0.15, 0.2) is 0 Å². The fraction of sp³-hybridized carbons (Fsp3) is 0.714. The van der Waals surface area contributed by atoms with Crippen LogP contribution in [0, 0.1) is 20.8 Å². The molecule has 0 spiro atoms. The van der Waals surface area contributed by atoms with E-state index in [1.807, 2.05) is 27.7 Å². The zero-order valence-electron chi connectivity index (χ0n) is 17.6. The summed E-state index contributed by atoms with van der Waals surface area (Å²) in [7, 11) is 1.08. The average molecular weight is 327 g/mol. The minimum atomic E-state index is 0.316. The third-order valence-corrected chi connectivity index (χ3v) is 3.23. The van der Waals surface area contributed by atoms with Crippen molar-refractivity contribution in [3.8, 4) is 0 Å². The van der Waals surface area contributed by atoms with Crippen LogP contribution in [0.1, 0.15) is 83.6 Å². The molecular formula is C21H43P. The Bertz CT molecular complexity index is 341. The van der Waals surface area contributed by atoms with E-state index in [2.05, 4.69) is 67.0 Å². The summed E-state index contributed by atoms with van der Waals surface area (Å²) in [6.45, 7) is 26.0. The third kappa shape index (κ3) is 10.4. The van der Waals surface area contributed by atoms with Gasteiger partial charge < -0.3 is 0 Å². The molecule has 1 aromatic rings. The highest BCUT2D eigenvalue weighted by atomic mass is 31.1. The molecule has 0 bridgehead atoms. The van der Waals surface area contributed by atoms with E-state index in [4.69, 9.17) is 0 Å². The molecule has 0 fully saturated rings. The predicted octanol–water partition coefficient (Wildman–Crippen LogP) is 7.67. The number of hydrogen-bond donors (Lipinski definition) is 0. The SMILES string of the molecule is CC.CC.CCCC(C)(C)c1c(C)cc(C)cc1C.CPC. The number of hydrogen-bond acceptors (Lipinski definition) is 0. The molecule has 22 heavy (non-hydrogen) atoms. The van der Waals surface area contributed by atoms with Crippen molar-refractivity contribution >= 4 is 8.58 Å². The van der Waals surface area contributed by atoms with Crippen molar-refractivity contribution in [1.82, 2.24) is 0 Å². The Morgan fingerprint density at radius 3 is 1.45 bits per heavy atom. The van der Waals surface area contributed by atoms with Gasteiger partial charge in [0.2, 0.25) is 0 Å². The highest BCUT2D eigenvalue weighted by Gasteiger charge is 2.23. The molecule has 0 unspecified atom stereocenters. The summed E-state index contributed by atoms with van der Waals surface area (Å²) < 4.78 is 0. The maximum absolute atomic E-state index is 2.36. The van der Waals surface area contributed by atoms with Crippen LogP contribution in [-0.2, 0) is 5.41 Å². The van der Waals surface area contributed by atoms with Gasteiger partial charge >= 0.3 is 0 Å². The molecule has 0 amide bonds. The van der Waals surface area contributed by atoms with Crippen LogP contribution in [-0.4, -0.2) is 13.3 Å². The van der Waals surface area contributed by atoms with Gasteiger partial charge in [-0.05, 0) is 62.6 Å². The zero-order valence-corrected chi connectivity index (χ0v) is 18.6. The van der Waals surface area contributed by atoms with Gasteiger partial charge in [-0.2, -0.15) is 0 Å². The molecule has 1 rings (SSSR count). The van der Waals surface area contributed by atoms with E-state index < -0.39 is 0 Å². The maximum atomic E-state index is 2.36. The fourth-order valence-corrected chi connectivity index (χ4v) is 3.00. The average Bonchev–Trinajstić information content (AvgIpc) is 2.42. The Hall–Kier alpha value is -0.350. The molecule has 1 aromatic carbocycles. The molecule has 0 atom stereocenters. The summed E-state index contributed by atoms with van der Waals surface area (Å²) in [6, 6.07) is 4.61. The summed E-state index contributed by atoms with van der Waals surface area (Å²) in [5.41, 5.74) is 6.14. The van der Waals surface area contributed by atoms with Gasteiger partial charge in [-0.1, -0.05) is 72.6 Å². The van der Waals surface area contributed by atoms with Crippen LogP contribution in [0.4, 0.5) is 0 Å². The minimum Gasteiger partial charge on any atom is -0.129 e. The van der Waals surface area contributed by atoms with Gasteiger partial charge in [0.25, 0.3) is 0 Å². The molecule has 0 nitrogen and oxygen atoms in total. The fourth-order valence-electron chi connectivity index (χ4n) is 3.00. The van der Waals surface area contributed by atoms with E-state index in [0.29, 0.717) is 5.41 Å². The summed E-state index contributed by atoms with van der Waals surface area (Å²) in [5.74, 6) is 0. The van der Waals surface area contributed by atoms with Crippen LogP contribution in [0.3, 0.4) is 0 Å². The van der Waals surface area contributed by atoms with Crippen LogP contribution in [0.15, 0.2) is 12.1 Å². The van der Waals surface area contributed by atoms with Gasteiger partial charge in [0.05, 0.1) is 0 Å². The molecule has 0 heterocycles. The molecule has 1 heteroatoms. The number of aryl methyl sites for hydroxylation is 3. The van der Waals surface area contributed by atoms with Crippen molar-refractivity contribution < 1.29 is 0 Å². The first-order valence-corrected chi connectivity index (χ1v) is 11.0. The topological polar surface area (TPSA) is 0 Å². The predicted molar refractivity (Wildman–Crippen MR) is 111 cm³/mol. The van der Waals surface area contributed by atoms with Crippen molar-refractivity contribution in [2.24, 2.45) is 0 Å².